The van der Waals surface area contributed by atoms with Gasteiger partial charge >= 0.3 is 0 Å². The second-order valence-corrected chi connectivity index (χ2v) is 8.98. The van der Waals surface area contributed by atoms with Crippen molar-refractivity contribution in [2.75, 3.05) is 38.5 Å². The topological polar surface area (TPSA) is 58.4 Å². The van der Waals surface area contributed by atoms with E-state index < -0.39 is 9.84 Å². The summed E-state index contributed by atoms with van der Waals surface area (Å²) < 4.78 is 25.8. The fourth-order valence-corrected chi connectivity index (χ4v) is 5.39. The number of sulfone groups is 1. The fourth-order valence-electron chi connectivity index (χ4n) is 3.53. The van der Waals surface area contributed by atoms with E-state index >= 15 is 0 Å². The van der Waals surface area contributed by atoms with Crippen LogP contribution in [-0.2, 0) is 23.4 Å². The predicted molar refractivity (Wildman–Crippen MR) is 86.4 cm³/mol. The van der Waals surface area contributed by atoms with E-state index in [9.17, 15) is 8.42 Å². The van der Waals surface area contributed by atoms with Gasteiger partial charge in [0.25, 0.3) is 0 Å². The third-order valence-electron chi connectivity index (χ3n) is 4.77. The van der Waals surface area contributed by atoms with Crippen molar-refractivity contribution in [1.29, 1.82) is 0 Å². The zero-order valence-electron chi connectivity index (χ0n) is 13.3. The van der Waals surface area contributed by atoms with Crippen molar-refractivity contribution >= 4 is 9.84 Å². The van der Waals surface area contributed by atoms with Crippen molar-refractivity contribution in [1.82, 2.24) is 19.6 Å². The first-order valence-electron chi connectivity index (χ1n) is 8.17. The highest BCUT2D eigenvalue weighted by Gasteiger charge is 2.32. The fraction of sp³-hybridized carbons (Fsp3) is 0.800. The van der Waals surface area contributed by atoms with Crippen LogP contribution >= 0.6 is 0 Å². The van der Waals surface area contributed by atoms with Crippen molar-refractivity contribution in [3.8, 4) is 0 Å². The lowest BCUT2D eigenvalue weighted by molar-refractivity contribution is 0.250. The van der Waals surface area contributed by atoms with Gasteiger partial charge < -0.3 is 4.90 Å². The molecule has 0 aliphatic carbocycles. The van der Waals surface area contributed by atoms with Gasteiger partial charge in [0.2, 0.25) is 0 Å². The van der Waals surface area contributed by atoms with Crippen LogP contribution in [0.4, 0.5) is 0 Å². The van der Waals surface area contributed by atoms with Crippen LogP contribution in [-0.4, -0.2) is 71.7 Å². The lowest BCUT2D eigenvalue weighted by Crippen LogP contribution is -2.37. The van der Waals surface area contributed by atoms with Crippen LogP contribution in [0.15, 0.2) is 12.4 Å². The number of hydrogen-bond donors (Lipinski definition) is 0. The van der Waals surface area contributed by atoms with E-state index in [1.807, 2.05) is 17.9 Å². The van der Waals surface area contributed by atoms with Crippen LogP contribution in [0.25, 0.3) is 0 Å². The van der Waals surface area contributed by atoms with Gasteiger partial charge in [0.05, 0.1) is 17.2 Å². The van der Waals surface area contributed by atoms with Crippen molar-refractivity contribution in [2.45, 2.75) is 31.1 Å². The Hall–Kier alpha value is -0.920. The lowest BCUT2D eigenvalue weighted by atomic mass is 10.2. The lowest BCUT2D eigenvalue weighted by Gasteiger charge is -2.23. The zero-order valence-corrected chi connectivity index (χ0v) is 14.1. The summed E-state index contributed by atoms with van der Waals surface area (Å²) in [6.07, 6.45) is 6.78. The number of hydrogen-bond acceptors (Lipinski definition) is 5. The standard InChI is InChI=1S/C15H26N4O2S/c1-17-11-14(10-16-17)12-18-5-3-6-19(8-7-18)13-15-4-2-9-22(15,20)21/h10-11,15H,2-9,12-13H2,1H3. The smallest absolute Gasteiger partial charge is 0.154 e. The van der Waals surface area contributed by atoms with Gasteiger partial charge in [-0.1, -0.05) is 0 Å². The molecule has 0 spiro atoms. The molecule has 0 aromatic carbocycles. The monoisotopic (exact) mass is 326 g/mol. The molecule has 7 heteroatoms. The third-order valence-corrected chi connectivity index (χ3v) is 7.03. The Labute approximate surface area is 133 Å². The van der Waals surface area contributed by atoms with Crippen LogP contribution in [0.3, 0.4) is 0 Å². The molecule has 22 heavy (non-hydrogen) atoms. The van der Waals surface area contributed by atoms with Gasteiger partial charge in [-0.3, -0.25) is 9.58 Å². The van der Waals surface area contributed by atoms with Gasteiger partial charge in [-0.2, -0.15) is 5.10 Å². The van der Waals surface area contributed by atoms with Gasteiger partial charge in [-0.25, -0.2) is 8.42 Å². The first-order valence-corrected chi connectivity index (χ1v) is 9.88. The highest BCUT2D eigenvalue weighted by molar-refractivity contribution is 7.92. The Kier molecular flexibility index (Phi) is 4.84. The Bertz CT molecular complexity index is 598. The number of aromatic nitrogens is 2. The highest BCUT2D eigenvalue weighted by atomic mass is 32.2. The molecule has 124 valence electrons. The summed E-state index contributed by atoms with van der Waals surface area (Å²) in [7, 11) is -0.884. The molecule has 0 saturated carbocycles. The maximum absolute atomic E-state index is 12.0. The van der Waals surface area contributed by atoms with E-state index in [1.165, 1.54) is 5.56 Å². The van der Waals surface area contributed by atoms with Gasteiger partial charge in [0.1, 0.15) is 0 Å². The Balaban J connectivity index is 1.51. The zero-order chi connectivity index (χ0) is 15.6. The second-order valence-electron chi connectivity index (χ2n) is 6.58. The molecule has 0 bridgehead atoms. The molecule has 3 rings (SSSR count). The van der Waals surface area contributed by atoms with E-state index in [0.29, 0.717) is 5.75 Å². The normalized spacial score (nSPS) is 27.0. The molecule has 1 unspecified atom stereocenters. The first-order chi connectivity index (χ1) is 10.5. The SMILES string of the molecule is Cn1cc(CN2CCCN(CC3CCCS3(=O)=O)CC2)cn1. The number of rotatable bonds is 4. The first kappa shape index (κ1) is 16.0. The van der Waals surface area contributed by atoms with Crippen LogP contribution in [0.5, 0.6) is 0 Å². The van der Waals surface area contributed by atoms with Gasteiger partial charge in [-0.15, -0.1) is 0 Å². The van der Waals surface area contributed by atoms with Gasteiger partial charge in [0.15, 0.2) is 9.84 Å². The van der Waals surface area contributed by atoms with Crippen LogP contribution < -0.4 is 0 Å². The largest absolute Gasteiger partial charge is 0.301 e. The van der Waals surface area contributed by atoms with E-state index in [4.69, 9.17) is 0 Å². The third kappa shape index (κ3) is 3.88. The van der Waals surface area contributed by atoms with E-state index in [2.05, 4.69) is 21.1 Å². The molecular formula is C15H26N4O2S. The van der Waals surface area contributed by atoms with E-state index in [-0.39, 0.29) is 5.25 Å². The predicted octanol–water partition coefficient (Wildman–Crippen LogP) is 0.505. The molecule has 3 heterocycles. The summed E-state index contributed by atoms with van der Waals surface area (Å²) in [4.78, 5) is 4.79. The minimum Gasteiger partial charge on any atom is -0.301 e. The summed E-state index contributed by atoms with van der Waals surface area (Å²) in [5.74, 6) is 0.388. The summed E-state index contributed by atoms with van der Waals surface area (Å²) in [5, 5.41) is 4.09. The molecule has 1 atom stereocenters. The van der Waals surface area contributed by atoms with Crippen molar-refractivity contribution < 1.29 is 8.42 Å². The molecule has 2 aliphatic rings. The van der Waals surface area contributed by atoms with E-state index in [0.717, 1.165) is 58.5 Å². The molecule has 1 aromatic heterocycles. The summed E-state index contributed by atoms with van der Waals surface area (Å²) in [6, 6.07) is 0. The van der Waals surface area contributed by atoms with Crippen LogP contribution in [0.1, 0.15) is 24.8 Å². The van der Waals surface area contributed by atoms with Crippen molar-refractivity contribution in [3.63, 3.8) is 0 Å². The number of aryl methyl sites for hydroxylation is 1. The van der Waals surface area contributed by atoms with Gasteiger partial charge in [-0.05, 0) is 32.4 Å². The molecule has 0 radical (unpaired) electrons. The second kappa shape index (κ2) is 6.68. The molecule has 1 aromatic rings. The van der Waals surface area contributed by atoms with E-state index in [1.54, 1.807) is 0 Å². The molecule has 2 fully saturated rings. The average Bonchev–Trinajstić information content (AvgIpc) is 2.92. The molecular weight excluding hydrogens is 300 g/mol. The Morgan fingerprint density at radius 2 is 1.95 bits per heavy atom. The summed E-state index contributed by atoms with van der Waals surface area (Å²) in [5.41, 5.74) is 1.24. The maximum Gasteiger partial charge on any atom is 0.154 e. The molecule has 6 nitrogen and oxygen atoms in total. The van der Waals surface area contributed by atoms with Crippen molar-refractivity contribution in [3.05, 3.63) is 18.0 Å². The average molecular weight is 326 g/mol. The maximum atomic E-state index is 12.0. The Morgan fingerprint density at radius 1 is 1.18 bits per heavy atom. The van der Waals surface area contributed by atoms with Crippen molar-refractivity contribution in [2.24, 2.45) is 7.05 Å². The highest BCUT2D eigenvalue weighted by Crippen LogP contribution is 2.21. The quantitative estimate of drug-likeness (QED) is 0.807. The molecule has 0 amide bonds. The molecule has 2 aliphatic heterocycles. The summed E-state index contributed by atoms with van der Waals surface area (Å²) in [6.45, 7) is 5.71. The minimum absolute atomic E-state index is 0.127. The molecule has 2 saturated heterocycles. The van der Waals surface area contributed by atoms with Crippen LogP contribution in [0, 0.1) is 0 Å². The minimum atomic E-state index is -2.82. The number of nitrogens with zero attached hydrogens (tertiary/aromatic N) is 4. The summed E-state index contributed by atoms with van der Waals surface area (Å²) >= 11 is 0. The van der Waals surface area contributed by atoms with Gasteiger partial charge in [0, 0.05) is 45.0 Å². The van der Waals surface area contributed by atoms with Crippen LogP contribution in [0.2, 0.25) is 0 Å². The Morgan fingerprint density at radius 3 is 2.64 bits per heavy atom. The molecule has 0 N–H and O–H groups in total.